The van der Waals surface area contributed by atoms with Crippen LogP contribution in [-0.4, -0.2) is 18.6 Å². The Kier molecular flexibility index (Phi) is 5.80. The minimum Gasteiger partial charge on any atom is -0.378 e. The van der Waals surface area contributed by atoms with Crippen LogP contribution in [0, 0.1) is 0 Å². The topological polar surface area (TPSA) is 9.23 Å². The maximum atomic E-state index is 5.58. The van der Waals surface area contributed by atoms with Crippen molar-refractivity contribution in [1.82, 2.24) is 0 Å². The number of halogens is 1. The molecular weight excluding hydrogens is 172 g/mol. The summed E-state index contributed by atoms with van der Waals surface area (Å²) in [5.74, 6) is 0.819. The minimum absolute atomic E-state index is 0.584. The van der Waals surface area contributed by atoms with Crippen molar-refractivity contribution in [3.8, 4) is 0 Å². The zero-order valence-corrected chi connectivity index (χ0v) is 8.48. The third kappa shape index (κ3) is 4.32. The van der Waals surface area contributed by atoms with Crippen LogP contribution in [0.25, 0.3) is 0 Å². The van der Waals surface area contributed by atoms with Crippen LogP contribution in [0.2, 0.25) is 0 Å². The third-order valence-corrected chi connectivity index (χ3v) is 2.70. The number of rotatable bonds is 6. The van der Waals surface area contributed by atoms with Crippen molar-refractivity contribution in [3.05, 3.63) is 0 Å². The van der Waals surface area contributed by atoms with E-state index in [-0.39, 0.29) is 0 Å². The third-order valence-electron chi connectivity index (χ3n) is 2.43. The Bertz CT molecular complexity index is 100. The van der Waals surface area contributed by atoms with Crippen LogP contribution < -0.4 is 0 Å². The Morgan fingerprint density at radius 3 is 2.67 bits per heavy atom. The van der Waals surface area contributed by atoms with Crippen LogP contribution >= 0.6 is 11.6 Å². The number of unbranched alkanes of at least 4 members (excludes halogenated alkanes) is 3. The van der Waals surface area contributed by atoms with E-state index in [1.54, 1.807) is 0 Å². The second-order valence-electron chi connectivity index (χ2n) is 3.53. The molecule has 1 rings (SSSR count). The average Bonchev–Trinajstić information content (AvgIpc) is 2.57. The van der Waals surface area contributed by atoms with Crippen molar-refractivity contribution in [1.29, 1.82) is 0 Å². The van der Waals surface area contributed by atoms with Gasteiger partial charge in [-0.1, -0.05) is 19.3 Å². The van der Waals surface area contributed by atoms with E-state index in [0.29, 0.717) is 6.10 Å². The number of hydrogen-bond acceptors (Lipinski definition) is 1. The molecule has 1 aliphatic rings. The average molecular weight is 191 g/mol. The van der Waals surface area contributed by atoms with Gasteiger partial charge >= 0.3 is 0 Å². The van der Waals surface area contributed by atoms with Gasteiger partial charge in [0.2, 0.25) is 0 Å². The van der Waals surface area contributed by atoms with E-state index in [1.807, 2.05) is 0 Å². The van der Waals surface area contributed by atoms with Crippen molar-refractivity contribution >= 4 is 11.6 Å². The Balaban J connectivity index is 1.81. The summed E-state index contributed by atoms with van der Waals surface area (Å²) in [5.41, 5.74) is 0. The van der Waals surface area contributed by atoms with Crippen LogP contribution in [0.1, 0.15) is 44.9 Å². The van der Waals surface area contributed by atoms with Crippen molar-refractivity contribution in [2.75, 3.05) is 12.5 Å². The van der Waals surface area contributed by atoms with Crippen LogP contribution in [0.3, 0.4) is 0 Å². The number of alkyl halides is 1. The fraction of sp³-hybridized carbons (Fsp3) is 1.00. The maximum Gasteiger partial charge on any atom is 0.0576 e. The molecule has 0 bridgehead atoms. The van der Waals surface area contributed by atoms with Gasteiger partial charge in [-0.2, -0.15) is 0 Å². The molecule has 0 aromatic heterocycles. The summed E-state index contributed by atoms with van der Waals surface area (Å²) in [7, 11) is 0. The van der Waals surface area contributed by atoms with Crippen molar-refractivity contribution in [2.24, 2.45) is 0 Å². The first-order valence-corrected chi connectivity index (χ1v) is 5.64. The highest BCUT2D eigenvalue weighted by Crippen LogP contribution is 2.18. The molecular formula is C10H19ClO. The Hall–Kier alpha value is 0.250. The predicted octanol–water partition coefficient (Wildman–Crippen LogP) is 3.35. The highest BCUT2D eigenvalue weighted by Gasteiger charge is 2.13. The van der Waals surface area contributed by atoms with E-state index in [2.05, 4.69) is 0 Å². The molecule has 0 spiro atoms. The summed E-state index contributed by atoms with van der Waals surface area (Å²) in [6.07, 6.45) is 9.52. The first-order valence-electron chi connectivity index (χ1n) is 5.11. The van der Waals surface area contributed by atoms with Crippen molar-refractivity contribution in [3.63, 3.8) is 0 Å². The van der Waals surface area contributed by atoms with Gasteiger partial charge in [0.15, 0.2) is 0 Å². The smallest absolute Gasteiger partial charge is 0.0576 e. The van der Waals surface area contributed by atoms with Crippen LogP contribution in [-0.2, 0) is 4.74 Å². The Labute approximate surface area is 80.4 Å². The molecule has 12 heavy (non-hydrogen) atoms. The monoisotopic (exact) mass is 190 g/mol. The lowest BCUT2D eigenvalue weighted by molar-refractivity contribution is 0.102. The normalized spacial score (nSPS) is 23.2. The van der Waals surface area contributed by atoms with Gasteiger partial charge in [0.25, 0.3) is 0 Å². The van der Waals surface area contributed by atoms with E-state index in [4.69, 9.17) is 16.3 Å². The maximum absolute atomic E-state index is 5.58. The number of ether oxygens (including phenoxy) is 1. The molecule has 0 aromatic carbocycles. The highest BCUT2D eigenvalue weighted by molar-refractivity contribution is 6.17. The summed E-state index contributed by atoms with van der Waals surface area (Å²) < 4.78 is 5.53. The first-order chi connectivity index (χ1) is 5.93. The lowest BCUT2D eigenvalue weighted by atomic mass is 10.1. The zero-order valence-electron chi connectivity index (χ0n) is 7.73. The second kappa shape index (κ2) is 6.73. The minimum atomic E-state index is 0.584. The lowest BCUT2D eigenvalue weighted by Gasteiger charge is -2.07. The molecule has 1 fully saturated rings. The summed E-state index contributed by atoms with van der Waals surface area (Å²) >= 11 is 5.58. The molecule has 2 heteroatoms. The molecule has 0 saturated carbocycles. The van der Waals surface area contributed by atoms with E-state index in [1.165, 1.54) is 44.9 Å². The number of hydrogen-bond donors (Lipinski definition) is 0. The van der Waals surface area contributed by atoms with Gasteiger partial charge in [0, 0.05) is 12.5 Å². The van der Waals surface area contributed by atoms with Gasteiger partial charge in [0.05, 0.1) is 6.10 Å². The van der Waals surface area contributed by atoms with E-state index in [9.17, 15) is 0 Å². The van der Waals surface area contributed by atoms with Gasteiger partial charge in [-0.05, 0) is 25.7 Å². The van der Waals surface area contributed by atoms with Crippen molar-refractivity contribution in [2.45, 2.75) is 51.0 Å². The molecule has 72 valence electrons. The van der Waals surface area contributed by atoms with Crippen molar-refractivity contribution < 1.29 is 4.74 Å². The summed E-state index contributed by atoms with van der Waals surface area (Å²) in [6, 6.07) is 0. The van der Waals surface area contributed by atoms with Gasteiger partial charge in [-0.15, -0.1) is 11.6 Å². The molecule has 1 saturated heterocycles. The van der Waals surface area contributed by atoms with Gasteiger partial charge in [-0.25, -0.2) is 0 Å². The van der Waals surface area contributed by atoms with Crippen LogP contribution in [0.5, 0.6) is 0 Å². The fourth-order valence-corrected chi connectivity index (χ4v) is 1.88. The fourth-order valence-electron chi connectivity index (χ4n) is 1.69. The van der Waals surface area contributed by atoms with Gasteiger partial charge in [-0.3, -0.25) is 0 Å². The molecule has 1 nitrogen and oxygen atoms in total. The summed E-state index contributed by atoms with van der Waals surface area (Å²) in [6.45, 7) is 0.992. The second-order valence-corrected chi connectivity index (χ2v) is 3.90. The molecule has 0 amide bonds. The van der Waals surface area contributed by atoms with Crippen LogP contribution in [0.15, 0.2) is 0 Å². The molecule has 1 aliphatic heterocycles. The standard InChI is InChI=1S/C10H19ClO/c11-8-4-2-1-3-6-10-7-5-9-12-10/h10H,1-9H2/t10-/m0/s1. The lowest BCUT2D eigenvalue weighted by Crippen LogP contribution is -2.03. The van der Waals surface area contributed by atoms with Crippen LogP contribution in [0.4, 0.5) is 0 Å². The summed E-state index contributed by atoms with van der Waals surface area (Å²) in [5, 5.41) is 0. The largest absolute Gasteiger partial charge is 0.378 e. The highest BCUT2D eigenvalue weighted by atomic mass is 35.5. The molecule has 1 heterocycles. The van der Waals surface area contributed by atoms with Gasteiger partial charge < -0.3 is 4.74 Å². The first kappa shape index (κ1) is 10.3. The predicted molar refractivity (Wildman–Crippen MR) is 52.8 cm³/mol. The van der Waals surface area contributed by atoms with E-state index in [0.717, 1.165) is 12.5 Å². The molecule has 0 N–H and O–H groups in total. The Morgan fingerprint density at radius 1 is 1.17 bits per heavy atom. The van der Waals surface area contributed by atoms with E-state index >= 15 is 0 Å². The van der Waals surface area contributed by atoms with E-state index < -0.39 is 0 Å². The quantitative estimate of drug-likeness (QED) is 0.461. The Morgan fingerprint density at radius 2 is 2.00 bits per heavy atom. The molecule has 0 aromatic rings. The summed E-state index contributed by atoms with van der Waals surface area (Å²) in [4.78, 5) is 0. The zero-order chi connectivity index (χ0) is 8.65. The van der Waals surface area contributed by atoms with Gasteiger partial charge in [0.1, 0.15) is 0 Å². The molecule has 0 radical (unpaired) electrons. The molecule has 0 aliphatic carbocycles. The SMILES string of the molecule is ClCCCCCC[C@H]1CCCO1. The molecule has 1 atom stereocenters. The molecule has 0 unspecified atom stereocenters.